The molecule has 106 valence electrons. The van der Waals surface area contributed by atoms with Gasteiger partial charge in [0.1, 0.15) is 0 Å². The van der Waals surface area contributed by atoms with Crippen LogP contribution in [0.5, 0.6) is 0 Å². The van der Waals surface area contributed by atoms with Gasteiger partial charge in [-0.2, -0.15) is 0 Å². The van der Waals surface area contributed by atoms with Gasteiger partial charge in [-0.15, -0.1) is 0 Å². The molecular formula is C16H25NO2. The first-order valence-electron chi connectivity index (χ1n) is 6.90. The molecule has 2 rings (SSSR count). The molecule has 0 spiro atoms. The minimum atomic E-state index is -0.0882. The van der Waals surface area contributed by atoms with E-state index in [-0.39, 0.29) is 17.4 Å². The van der Waals surface area contributed by atoms with Crippen LogP contribution in [0.25, 0.3) is 0 Å². The average molecular weight is 263 g/mol. The Labute approximate surface area is 116 Å². The molecule has 0 amide bonds. The second-order valence-electron chi connectivity index (χ2n) is 6.78. The van der Waals surface area contributed by atoms with Crippen molar-refractivity contribution >= 4 is 5.69 Å². The smallest absolute Gasteiger partial charge is 0.0584 e. The molecule has 1 aromatic carbocycles. The van der Waals surface area contributed by atoms with Crippen LogP contribution in [-0.2, 0) is 10.2 Å². The Morgan fingerprint density at radius 1 is 1.32 bits per heavy atom. The van der Waals surface area contributed by atoms with Crippen LogP contribution in [0.3, 0.4) is 0 Å². The highest BCUT2D eigenvalue weighted by Gasteiger charge is 2.37. The molecule has 0 radical (unpaired) electrons. The van der Waals surface area contributed by atoms with Crippen LogP contribution in [-0.4, -0.2) is 31.5 Å². The molecule has 1 fully saturated rings. The summed E-state index contributed by atoms with van der Waals surface area (Å²) in [4.78, 5) is 0. The van der Waals surface area contributed by atoms with Gasteiger partial charge in [0.15, 0.2) is 0 Å². The zero-order chi connectivity index (χ0) is 14.1. The standard InChI is InChI=1S/C16H25NO2/c1-12-7-13(15(2,3)4)5-6-14(12)17-8-16(9-18)10-19-11-16/h5-7,17-18H,8-11H2,1-4H3. The summed E-state index contributed by atoms with van der Waals surface area (Å²) in [5.74, 6) is 0. The number of ether oxygens (including phenoxy) is 1. The van der Waals surface area contributed by atoms with Crippen molar-refractivity contribution in [1.82, 2.24) is 0 Å². The molecule has 19 heavy (non-hydrogen) atoms. The molecule has 0 aromatic heterocycles. The maximum atomic E-state index is 9.41. The van der Waals surface area contributed by atoms with Crippen molar-refractivity contribution in [3.05, 3.63) is 29.3 Å². The highest BCUT2D eigenvalue weighted by atomic mass is 16.5. The van der Waals surface area contributed by atoms with E-state index in [9.17, 15) is 5.11 Å². The van der Waals surface area contributed by atoms with E-state index in [0.29, 0.717) is 13.2 Å². The summed E-state index contributed by atoms with van der Waals surface area (Å²) < 4.78 is 5.21. The van der Waals surface area contributed by atoms with Crippen LogP contribution in [0, 0.1) is 12.3 Å². The topological polar surface area (TPSA) is 41.5 Å². The van der Waals surface area contributed by atoms with Crippen LogP contribution in [0.1, 0.15) is 31.9 Å². The molecule has 3 heteroatoms. The largest absolute Gasteiger partial charge is 0.396 e. The first-order valence-corrected chi connectivity index (χ1v) is 6.90. The molecule has 1 aromatic rings. The molecule has 1 aliphatic rings. The van der Waals surface area contributed by atoms with E-state index in [2.05, 4.69) is 51.2 Å². The monoisotopic (exact) mass is 263 g/mol. The third-order valence-corrected chi connectivity index (χ3v) is 3.90. The summed E-state index contributed by atoms with van der Waals surface area (Å²) in [6.07, 6.45) is 0. The number of nitrogens with one attached hydrogen (secondary N) is 1. The van der Waals surface area contributed by atoms with Gasteiger partial charge in [0, 0.05) is 12.2 Å². The van der Waals surface area contributed by atoms with Gasteiger partial charge in [-0.1, -0.05) is 32.9 Å². The minimum absolute atomic E-state index is 0.0882. The molecule has 0 unspecified atom stereocenters. The highest BCUT2D eigenvalue weighted by Crippen LogP contribution is 2.29. The number of hydrogen-bond acceptors (Lipinski definition) is 3. The van der Waals surface area contributed by atoms with E-state index in [4.69, 9.17) is 4.74 Å². The summed E-state index contributed by atoms with van der Waals surface area (Å²) in [6.45, 7) is 11.0. The van der Waals surface area contributed by atoms with E-state index in [0.717, 1.165) is 12.2 Å². The summed E-state index contributed by atoms with van der Waals surface area (Å²) in [6, 6.07) is 6.56. The molecule has 1 saturated heterocycles. The summed E-state index contributed by atoms with van der Waals surface area (Å²) in [5, 5.41) is 12.9. The van der Waals surface area contributed by atoms with Crippen molar-refractivity contribution in [2.75, 3.05) is 31.7 Å². The Bertz CT molecular complexity index is 439. The van der Waals surface area contributed by atoms with E-state index < -0.39 is 0 Å². The number of benzene rings is 1. The third kappa shape index (κ3) is 3.10. The van der Waals surface area contributed by atoms with Crippen molar-refractivity contribution in [2.45, 2.75) is 33.1 Å². The van der Waals surface area contributed by atoms with Crippen LogP contribution in [0.15, 0.2) is 18.2 Å². The first kappa shape index (κ1) is 14.4. The molecule has 0 bridgehead atoms. The van der Waals surface area contributed by atoms with Crippen molar-refractivity contribution in [1.29, 1.82) is 0 Å². The van der Waals surface area contributed by atoms with E-state index in [1.165, 1.54) is 11.1 Å². The minimum Gasteiger partial charge on any atom is -0.396 e. The van der Waals surface area contributed by atoms with Gasteiger partial charge in [0.25, 0.3) is 0 Å². The maximum absolute atomic E-state index is 9.41. The van der Waals surface area contributed by atoms with E-state index in [1.54, 1.807) is 0 Å². The first-order chi connectivity index (χ1) is 8.86. The quantitative estimate of drug-likeness (QED) is 0.877. The predicted molar refractivity (Wildman–Crippen MR) is 78.7 cm³/mol. The maximum Gasteiger partial charge on any atom is 0.0584 e. The third-order valence-electron chi connectivity index (χ3n) is 3.90. The van der Waals surface area contributed by atoms with Gasteiger partial charge in [0.2, 0.25) is 0 Å². The van der Waals surface area contributed by atoms with Gasteiger partial charge in [0.05, 0.1) is 25.2 Å². The number of aryl methyl sites for hydroxylation is 1. The number of hydrogen-bond donors (Lipinski definition) is 2. The van der Waals surface area contributed by atoms with Crippen molar-refractivity contribution in [2.24, 2.45) is 5.41 Å². The van der Waals surface area contributed by atoms with Crippen molar-refractivity contribution in [3.8, 4) is 0 Å². The van der Waals surface area contributed by atoms with Gasteiger partial charge in [-0.25, -0.2) is 0 Å². The Balaban J connectivity index is 2.05. The molecule has 1 heterocycles. The molecule has 0 saturated carbocycles. The lowest BCUT2D eigenvalue weighted by Crippen LogP contribution is -2.50. The summed E-state index contributed by atoms with van der Waals surface area (Å²) >= 11 is 0. The zero-order valence-corrected chi connectivity index (χ0v) is 12.4. The fourth-order valence-electron chi connectivity index (χ4n) is 2.25. The molecule has 3 nitrogen and oxygen atoms in total. The fourth-order valence-corrected chi connectivity index (χ4v) is 2.25. The zero-order valence-electron chi connectivity index (χ0n) is 12.4. The number of rotatable bonds is 4. The number of anilines is 1. The SMILES string of the molecule is Cc1cc(C(C)(C)C)ccc1NCC1(CO)COC1. The van der Waals surface area contributed by atoms with E-state index in [1.807, 2.05) is 0 Å². The molecule has 1 aliphatic heterocycles. The number of aliphatic hydroxyl groups excluding tert-OH is 1. The van der Waals surface area contributed by atoms with E-state index >= 15 is 0 Å². The van der Waals surface area contributed by atoms with Crippen molar-refractivity contribution < 1.29 is 9.84 Å². The Morgan fingerprint density at radius 3 is 2.42 bits per heavy atom. The Morgan fingerprint density at radius 2 is 2.00 bits per heavy atom. The van der Waals surface area contributed by atoms with Gasteiger partial charge >= 0.3 is 0 Å². The molecular weight excluding hydrogens is 238 g/mol. The summed E-state index contributed by atoms with van der Waals surface area (Å²) in [5.41, 5.74) is 3.83. The fraction of sp³-hybridized carbons (Fsp3) is 0.625. The van der Waals surface area contributed by atoms with Crippen LogP contribution < -0.4 is 5.32 Å². The van der Waals surface area contributed by atoms with Gasteiger partial charge in [-0.05, 0) is 29.5 Å². The lowest BCUT2D eigenvalue weighted by molar-refractivity contribution is -0.128. The lowest BCUT2D eigenvalue weighted by atomic mass is 9.85. The molecule has 2 N–H and O–H groups in total. The second-order valence-corrected chi connectivity index (χ2v) is 6.78. The van der Waals surface area contributed by atoms with Crippen molar-refractivity contribution in [3.63, 3.8) is 0 Å². The molecule has 0 aliphatic carbocycles. The second kappa shape index (κ2) is 5.14. The van der Waals surface area contributed by atoms with Crippen LogP contribution >= 0.6 is 0 Å². The lowest BCUT2D eigenvalue weighted by Gasteiger charge is -2.40. The predicted octanol–water partition coefficient (Wildman–Crippen LogP) is 2.71. The summed E-state index contributed by atoms with van der Waals surface area (Å²) in [7, 11) is 0. The van der Waals surface area contributed by atoms with Gasteiger partial charge < -0.3 is 15.2 Å². The molecule has 0 atom stereocenters. The van der Waals surface area contributed by atoms with Gasteiger partial charge in [-0.3, -0.25) is 0 Å². The van der Waals surface area contributed by atoms with Crippen LogP contribution in [0.2, 0.25) is 0 Å². The Hall–Kier alpha value is -1.06. The normalized spacial score (nSPS) is 17.9. The van der Waals surface area contributed by atoms with Crippen LogP contribution in [0.4, 0.5) is 5.69 Å². The number of aliphatic hydroxyl groups is 1. The average Bonchev–Trinajstić information content (AvgIpc) is 2.28. The highest BCUT2D eigenvalue weighted by molar-refractivity contribution is 5.53. The Kier molecular flexibility index (Phi) is 3.88.